The van der Waals surface area contributed by atoms with E-state index < -0.39 is 11.9 Å². The van der Waals surface area contributed by atoms with Crippen molar-refractivity contribution in [3.63, 3.8) is 0 Å². The fourth-order valence-corrected chi connectivity index (χ4v) is 3.13. The average Bonchev–Trinajstić information content (AvgIpc) is 2.52. The van der Waals surface area contributed by atoms with Crippen molar-refractivity contribution in [2.24, 2.45) is 0 Å². The summed E-state index contributed by atoms with van der Waals surface area (Å²) in [5.41, 5.74) is 0.874. The van der Waals surface area contributed by atoms with Gasteiger partial charge in [0, 0.05) is 10.1 Å². The molecular formula is C11H12O3S. The van der Waals surface area contributed by atoms with Crippen LogP contribution in [0.25, 0.3) is 0 Å². The lowest BCUT2D eigenvalue weighted by molar-refractivity contribution is -0.138. The van der Waals surface area contributed by atoms with Crippen LogP contribution in [0.15, 0.2) is 23.1 Å². The predicted molar refractivity (Wildman–Crippen MR) is 58.7 cm³/mol. The molecule has 0 saturated heterocycles. The molecule has 1 N–H and O–H groups in total. The summed E-state index contributed by atoms with van der Waals surface area (Å²) in [6.07, 6.45) is 0. The summed E-state index contributed by atoms with van der Waals surface area (Å²) in [6.45, 7) is 1.94. The van der Waals surface area contributed by atoms with E-state index in [0.717, 1.165) is 16.2 Å². The van der Waals surface area contributed by atoms with E-state index in [-0.39, 0.29) is 5.25 Å². The lowest BCUT2D eigenvalue weighted by Crippen LogP contribution is -2.16. The summed E-state index contributed by atoms with van der Waals surface area (Å²) in [5.74, 6) is -0.461. The summed E-state index contributed by atoms with van der Waals surface area (Å²) in [6, 6.07) is 5.62. The Bertz CT molecular complexity index is 403. The highest BCUT2D eigenvalue weighted by Crippen LogP contribution is 2.46. The van der Waals surface area contributed by atoms with Gasteiger partial charge in [-0.3, -0.25) is 4.79 Å². The molecule has 0 spiro atoms. The number of carbonyl (C=O) groups is 1. The number of hydrogen-bond donors (Lipinski definition) is 1. The Morgan fingerprint density at radius 3 is 2.87 bits per heavy atom. The molecule has 1 heterocycles. The first kappa shape index (κ1) is 10.4. The van der Waals surface area contributed by atoms with E-state index in [1.165, 1.54) is 0 Å². The molecule has 0 fully saturated rings. The first-order chi connectivity index (χ1) is 7.13. The number of hydrogen-bond acceptors (Lipinski definition) is 3. The standard InChI is InChI=1S/C11H12O3S/c1-6-10(11(12)13)8-5-7(14-2)3-4-9(8)15-6/h3-6,10H,1-2H3,(H,12,13). The molecule has 3 nitrogen and oxygen atoms in total. The highest BCUT2D eigenvalue weighted by atomic mass is 32.2. The van der Waals surface area contributed by atoms with Gasteiger partial charge in [-0.05, 0) is 23.8 Å². The van der Waals surface area contributed by atoms with Crippen molar-refractivity contribution in [2.75, 3.05) is 7.11 Å². The molecule has 0 saturated carbocycles. The van der Waals surface area contributed by atoms with Crippen LogP contribution < -0.4 is 4.74 Å². The van der Waals surface area contributed by atoms with Gasteiger partial charge in [0.2, 0.25) is 0 Å². The second-order valence-electron chi connectivity index (χ2n) is 3.54. The maximum atomic E-state index is 11.1. The van der Waals surface area contributed by atoms with Crippen LogP contribution in [0.5, 0.6) is 5.75 Å². The predicted octanol–water partition coefficient (Wildman–Crippen LogP) is 2.36. The third-order valence-electron chi connectivity index (χ3n) is 2.60. The molecule has 2 rings (SSSR count). The Kier molecular flexibility index (Phi) is 2.61. The highest BCUT2D eigenvalue weighted by Gasteiger charge is 2.35. The Balaban J connectivity index is 2.46. The molecule has 0 aliphatic carbocycles. The Hall–Kier alpha value is -1.16. The van der Waals surface area contributed by atoms with Crippen LogP contribution in [0.4, 0.5) is 0 Å². The van der Waals surface area contributed by atoms with Gasteiger partial charge in [-0.25, -0.2) is 0 Å². The fourth-order valence-electron chi connectivity index (χ4n) is 1.86. The van der Waals surface area contributed by atoms with Crippen LogP contribution >= 0.6 is 11.8 Å². The van der Waals surface area contributed by atoms with Crippen molar-refractivity contribution in [3.05, 3.63) is 23.8 Å². The first-order valence-corrected chi connectivity index (χ1v) is 5.59. The molecule has 1 aliphatic rings. The number of benzene rings is 1. The molecule has 1 aromatic rings. The first-order valence-electron chi connectivity index (χ1n) is 4.71. The molecular weight excluding hydrogens is 212 g/mol. The van der Waals surface area contributed by atoms with Gasteiger partial charge in [0.15, 0.2) is 0 Å². The van der Waals surface area contributed by atoms with Gasteiger partial charge in [0.05, 0.1) is 13.0 Å². The largest absolute Gasteiger partial charge is 0.497 e. The number of carboxylic acid groups (broad SMARTS) is 1. The van der Waals surface area contributed by atoms with Gasteiger partial charge >= 0.3 is 5.97 Å². The number of fused-ring (bicyclic) bond motifs is 1. The van der Waals surface area contributed by atoms with Crippen molar-refractivity contribution < 1.29 is 14.6 Å². The number of methoxy groups -OCH3 is 1. The van der Waals surface area contributed by atoms with Gasteiger partial charge in [0.25, 0.3) is 0 Å². The van der Waals surface area contributed by atoms with E-state index in [1.54, 1.807) is 18.9 Å². The van der Waals surface area contributed by atoms with Crippen LogP contribution in [0, 0.1) is 0 Å². The van der Waals surface area contributed by atoms with E-state index in [4.69, 9.17) is 9.84 Å². The number of ether oxygens (including phenoxy) is 1. The van der Waals surface area contributed by atoms with Gasteiger partial charge in [-0.2, -0.15) is 0 Å². The number of carboxylic acids is 1. The number of thioether (sulfide) groups is 1. The summed E-state index contributed by atoms with van der Waals surface area (Å²) < 4.78 is 5.10. The zero-order valence-electron chi connectivity index (χ0n) is 8.56. The SMILES string of the molecule is COc1ccc2c(c1)C(C(=O)O)C(C)S2. The maximum absolute atomic E-state index is 11.1. The van der Waals surface area contributed by atoms with Crippen molar-refractivity contribution in [2.45, 2.75) is 23.0 Å². The molecule has 1 aromatic carbocycles. The smallest absolute Gasteiger partial charge is 0.312 e. The molecule has 0 aromatic heterocycles. The van der Waals surface area contributed by atoms with Crippen molar-refractivity contribution in [1.29, 1.82) is 0 Å². The summed E-state index contributed by atoms with van der Waals surface area (Å²) >= 11 is 1.61. The normalized spacial score (nSPS) is 23.6. The third kappa shape index (κ3) is 1.69. The molecule has 2 unspecified atom stereocenters. The Morgan fingerprint density at radius 1 is 1.53 bits per heavy atom. The lowest BCUT2D eigenvalue weighted by Gasteiger charge is -2.10. The maximum Gasteiger partial charge on any atom is 0.312 e. The van der Waals surface area contributed by atoms with Crippen molar-refractivity contribution >= 4 is 17.7 Å². The quantitative estimate of drug-likeness (QED) is 0.837. The topological polar surface area (TPSA) is 46.5 Å². The molecule has 2 atom stereocenters. The minimum Gasteiger partial charge on any atom is -0.497 e. The monoisotopic (exact) mass is 224 g/mol. The van der Waals surface area contributed by atoms with E-state index in [2.05, 4.69) is 0 Å². The van der Waals surface area contributed by atoms with Crippen LogP contribution in [0.1, 0.15) is 18.4 Å². The van der Waals surface area contributed by atoms with E-state index in [9.17, 15) is 4.79 Å². The molecule has 80 valence electrons. The van der Waals surface area contributed by atoms with Crippen molar-refractivity contribution in [3.8, 4) is 5.75 Å². The molecule has 0 amide bonds. The zero-order valence-corrected chi connectivity index (χ0v) is 9.38. The van der Waals surface area contributed by atoms with E-state index in [0.29, 0.717) is 0 Å². The Morgan fingerprint density at radius 2 is 2.27 bits per heavy atom. The summed E-state index contributed by atoms with van der Waals surface area (Å²) in [7, 11) is 1.59. The Labute approximate surface area is 92.4 Å². The van der Waals surface area contributed by atoms with Crippen molar-refractivity contribution in [1.82, 2.24) is 0 Å². The minimum absolute atomic E-state index is 0.0876. The second kappa shape index (κ2) is 3.77. The van der Waals surface area contributed by atoms with Gasteiger partial charge in [-0.15, -0.1) is 11.8 Å². The number of aliphatic carboxylic acids is 1. The average molecular weight is 224 g/mol. The molecule has 0 radical (unpaired) electrons. The summed E-state index contributed by atoms with van der Waals surface area (Å²) in [5, 5.41) is 9.23. The van der Waals surface area contributed by atoms with Crippen LogP contribution in [0.2, 0.25) is 0 Å². The molecule has 0 bridgehead atoms. The number of rotatable bonds is 2. The van der Waals surface area contributed by atoms with Gasteiger partial charge in [0.1, 0.15) is 5.75 Å². The van der Waals surface area contributed by atoms with E-state index in [1.807, 2.05) is 25.1 Å². The molecule has 15 heavy (non-hydrogen) atoms. The van der Waals surface area contributed by atoms with Crippen LogP contribution in [-0.2, 0) is 4.79 Å². The fraction of sp³-hybridized carbons (Fsp3) is 0.364. The van der Waals surface area contributed by atoms with Crippen LogP contribution in [0.3, 0.4) is 0 Å². The lowest BCUT2D eigenvalue weighted by atomic mass is 9.96. The summed E-state index contributed by atoms with van der Waals surface area (Å²) in [4.78, 5) is 12.2. The second-order valence-corrected chi connectivity index (χ2v) is 4.96. The zero-order chi connectivity index (χ0) is 11.0. The molecule has 1 aliphatic heterocycles. The molecule has 4 heteroatoms. The minimum atomic E-state index is -0.762. The van der Waals surface area contributed by atoms with Crippen LogP contribution in [-0.4, -0.2) is 23.4 Å². The van der Waals surface area contributed by atoms with Gasteiger partial charge < -0.3 is 9.84 Å². The third-order valence-corrected chi connectivity index (χ3v) is 3.87. The van der Waals surface area contributed by atoms with E-state index >= 15 is 0 Å². The van der Waals surface area contributed by atoms with Gasteiger partial charge in [-0.1, -0.05) is 6.92 Å². The highest BCUT2D eigenvalue weighted by molar-refractivity contribution is 8.00.